The molecule has 1 amide bonds. The number of halogens is 1. The molecular formula is C30H39ClN4O5. The van der Waals surface area contributed by atoms with Gasteiger partial charge in [0.25, 0.3) is 5.91 Å². The molecule has 10 heteroatoms. The van der Waals surface area contributed by atoms with E-state index in [2.05, 4.69) is 22.6 Å². The molecule has 0 radical (unpaired) electrons. The SMILES string of the molecule is CCCCCCCCCCCCOC(=O)C(C)OC(=O)c1ccc(Cl)c(C(=O)NCn2nnc3ccccc32)c1. The van der Waals surface area contributed by atoms with Crippen LogP contribution in [0.25, 0.3) is 11.0 Å². The van der Waals surface area contributed by atoms with Crippen molar-refractivity contribution < 1.29 is 23.9 Å². The number of carbonyl (C=O) groups excluding carboxylic acids is 3. The maximum atomic E-state index is 12.8. The van der Waals surface area contributed by atoms with Gasteiger partial charge in [0.05, 0.1) is 28.3 Å². The van der Waals surface area contributed by atoms with Crippen LogP contribution >= 0.6 is 11.6 Å². The fourth-order valence-electron chi connectivity index (χ4n) is 4.26. The van der Waals surface area contributed by atoms with Crippen LogP contribution in [0.4, 0.5) is 0 Å². The van der Waals surface area contributed by atoms with E-state index in [1.807, 2.05) is 24.3 Å². The van der Waals surface area contributed by atoms with E-state index >= 15 is 0 Å². The zero-order valence-corrected chi connectivity index (χ0v) is 24.1. The second kappa shape index (κ2) is 16.6. The molecule has 0 aliphatic carbocycles. The summed E-state index contributed by atoms with van der Waals surface area (Å²) in [7, 11) is 0. The maximum Gasteiger partial charge on any atom is 0.347 e. The van der Waals surface area contributed by atoms with Crippen LogP contribution in [0.3, 0.4) is 0 Å². The molecule has 0 saturated heterocycles. The molecular weight excluding hydrogens is 532 g/mol. The fraction of sp³-hybridized carbons (Fsp3) is 0.500. The summed E-state index contributed by atoms with van der Waals surface area (Å²) in [5.41, 5.74) is 1.66. The number of benzene rings is 2. The summed E-state index contributed by atoms with van der Waals surface area (Å²) >= 11 is 6.22. The predicted molar refractivity (Wildman–Crippen MR) is 154 cm³/mol. The molecule has 0 spiro atoms. The van der Waals surface area contributed by atoms with E-state index in [0.29, 0.717) is 12.1 Å². The highest BCUT2D eigenvalue weighted by Gasteiger charge is 2.22. The number of aromatic nitrogens is 3. The highest BCUT2D eigenvalue weighted by molar-refractivity contribution is 6.34. The van der Waals surface area contributed by atoms with Gasteiger partial charge < -0.3 is 14.8 Å². The molecule has 0 bridgehead atoms. The van der Waals surface area contributed by atoms with Gasteiger partial charge in [-0.25, -0.2) is 14.3 Å². The van der Waals surface area contributed by atoms with Crippen LogP contribution in [-0.4, -0.2) is 45.6 Å². The van der Waals surface area contributed by atoms with Crippen LogP contribution in [0.5, 0.6) is 0 Å². The molecule has 1 heterocycles. The summed E-state index contributed by atoms with van der Waals surface area (Å²) in [6.07, 6.45) is 10.8. The zero-order valence-electron chi connectivity index (χ0n) is 23.4. The Morgan fingerprint density at radius 2 is 1.62 bits per heavy atom. The number of ether oxygens (including phenoxy) is 2. The standard InChI is InChI=1S/C30H39ClN4O5/c1-3-4-5-6-7-8-9-10-11-14-19-39-29(37)22(2)40-30(38)23-17-18-25(31)24(20-23)28(36)32-21-35-27-16-13-12-15-26(27)33-34-35/h12-13,15-18,20,22H,3-11,14,19,21H2,1-2H3,(H,32,36). The van der Waals surface area contributed by atoms with Crippen molar-refractivity contribution in [3.63, 3.8) is 0 Å². The molecule has 1 aromatic heterocycles. The van der Waals surface area contributed by atoms with Crippen molar-refractivity contribution in [2.45, 2.75) is 90.8 Å². The van der Waals surface area contributed by atoms with Gasteiger partial charge in [0.15, 0.2) is 6.10 Å². The van der Waals surface area contributed by atoms with Gasteiger partial charge in [-0.15, -0.1) is 5.10 Å². The number of nitrogens with zero attached hydrogens (tertiary/aromatic N) is 3. The second-order valence-corrected chi connectivity index (χ2v) is 10.2. The van der Waals surface area contributed by atoms with Gasteiger partial charge in [0.1, 0.15) is 12.2 Å². The monoisotopic (exact) mass is 570 g/mol. The molecule has 1 N–H and O–H groups in total. The Morgan fingerprint density at radius 3 is 2.35 bits per heavy atom. The minimum Gasteiger partial charge on any atom is -0.463 e. The summed E-state index contributed by atoms with van der Waals surface area (Å²) in [5, 5.41) is 11.0. The third kappa shape index (κ3) is 9.62. The first-order valence-electron chi connectivity index (χ1n) is 14.1. The molecule has 0 aliphatic heterocycles. The first-order chi connectivity index (χ1) is 19.4. The lowest BCUT2D eigenvalue weighted by Gasteiger charge is -2.14. The molecule has 0 fully saturated rings. The first kappa shape index (κ1) is 31.1. The fourth-order valence-corrected chi connectivity index (χ4v) is 4.46. The van der Waals surface area contributed by atoms with Gasteiger partial charge in [-0.1, -0.05) is 93.7 Å². The number of unbranched alkanes of at least 4 members (excludes halogenated alkanes) is 9. The topological polar surface area (TPSA) is 112 Å². The van der Waals surface area contributed by atoms with E-state index in [1.165, 1.54) is 70.1 Å². The molecule has 40 heavy (non-hydrogen) atoms. The Hall–Kier alpha value is -3.46. The molecule has 3 rings (SSSR count). The number of carbonyl (C=O) groups is 3. The van der Waals surface area contributed by atoms with Gasteiger partial charge >= 0.3 is 11.9 Å². The number of nitrogens with one attached hydrogen (secondary N) is 1. The predicted octanol–water partition coefficient (Wildman–Crippen LogP) is 6.48. The lowest BCUT2D eigenvalue weighted by molar-refractivity contribution is -0.153. The average molecular weight is 571 g/mol. The number of hydrogen-bond donors (Lipinski definition) is 1. The van der Waals surface area contributed by atoms with Crippen LogP contribution in [0.15, 0.2) is 42.5 Å². The number of hydrogen-bond acceptors (Lipinski definition) is 7. The lowest BCUT2D eigenvalue weighted by atomic mass is 10.1. The van der Waals surface area contributed by atoms with Crippen molar-refractivity contribution >= 4 is 40.5 Å². The molecule has 3 aromatic rings. The maximum absolute atomic E-state index is 12.8. The number of esters is 2. The van der Waals surface area contributed by atoms with Crippen molar-refractivity contribution in [3.05, 3.63) is 58.6 Å². The summed E-state index contributed by atoms with van der Waals surface area (Å²) in [6.45, 7) is 4.04. The van der Waals surface area contributed by atoms with E-state index in [1.54, 1.807) is 4.68 Å². The summed E-state index contributed by atoms with van der Waals surface area (Å²) in [5.74, 6) is -1.85. The normalized spacial score (nSPS) is 11.8. The Bertz CT molecular complexity index is 1260. The number of amides is 1. The second-order valence-electron chi connectivity index (χ2n) is 9.83. The molecule has 1 atom stereocenters. The third-order valence-corrected chi connectivity index (χ3v) is 6.94. The Kier molecular flexibility index (Phi) is 12.9. The van der Waals surface area contributed by atoms with E-state index < -0.39 is 23.9 Å². The number of fused-ring (bicyclic) bond motifs is 1. The van der Waals surface area contributed by atoms with Gasteiger partial charge in [-0.05, 0) is 43.7 Å². The van der Waals surface area contributed by atoms with Crippen LogP contribution in [0, 0.1) is 0 Å². The minimum atomic E-state index is -1.08. The lowest BCUT2D eigenvalue weighted by Crippen LogP contribution is -2.28. The Balaban J connectivity index is 1.39. The van der Waals surface area contributed by atoms with Crippen molar-refractivity contribution in [3.8, 4) is 0 Å². The largest absolute Gasteiger partial charge is 0.463 e. The molecule has 2 aromatic carbocycles. The van der Waals surface area contributed by atoms with Gasteiger partial charge in [-0.3, -0.25) is 4.79 Å². The van der Waals surface area contributed by atoms with E-state index in [-0.39, 0.29) is 22.8 Å². The van der Waals surface area contributed by atoms with E-state index in [9.17, 15) is 14.4 Å². The molecule has 1 unspecified atom stereocenters. The summed E-state index contributed by atoms with van der Waals surface area (Å²) in [6, 6.07) is 11.6. The van der Waals surface area contributed by atoms with Gasteiger partial charge in [0.2, 0.25) is 0 Å². The summed E-state index contributed by atoms with van der Waals surface area (Å²) in [4.78, 5) is 37.8. The van der Waals surface area contributed by atoms with Crippen molar-refractivity contribution in [1.29, 1.82) is 0 Å². The minimum absolute atomic E-state index is 0.0618. The number of para-hydroxylation sites is 1. The van der Waals surface area contributed by atoms with Crippen molar-refractivity contribution in [2.75, 3.05) is 6.61 Å². The Labute approximate surface area is 240 Å². The average Bonchev–Trinajstić information content (AvgIpc) is 3.37. The van der Waals surface area contributed by atoms with E-state index in [0.717, 1.165) is 24.8 Å². The zero-order chi connectivity index (χ0) is 28.7. The van der Waals surface area contributed by atoms with Gasteiger partial charge in [-0.2, -0.15) is 0 Å². The van der Waals surface area contributed by atoms with Crippen LogP contribution < -0.4 is 5.32 Å². The van der Waals surface area contributed by atoms with Crippen molar-refractivity contribution in [2.24, 2.45) is 0 Å². The Morgan fingerprint density at radius 1 is 0.950 bits per heavy atom. The van der Waals surface area contributed by atoms with Crippen LogP contribution in [0.1, 0.15) is 98.8 Å². The molecule has 9 nitrogen and oxygen atoms in total. The number of rotatable bonds is 17. The highest BCUT2D eigenvalue weighted by atomic mass is 35.5. The van der Waals surface area contributed by atoms with Crippen LogP contribution in [0.2, 0.25) is 5.02 Å². The van der Waals surface area contributed by atoms with Crippen molar-refractivity contribution in [1.82, 2.24) is 20.3 Å². The first-order valence-corrected chi connectivity index (χ1v) is 14.5. The van der Waals surface area contributed by atoms with Crippen LogP contribution in [-0.2, 0) is 20.9 Å². The highest BCUT2D eigenvalue weighted by Crippen LogP contribution is 2.19. The smallest absolute Gasteiger partial charge is 0.347 e. The quantitative estimate of drug-likeness (QED) is 0.146. The van der Waals surface area contributed by atoms with Gasteiger partial charge in [0, 0.05) is 0 Å². The molecule has 216 valence electrons. The summed E-state index contributed by atoms with van der Waals surface area (Å²) < 4.78 is 12.1. The third-order valence-electron chi connectivity index (χ3n) is 6.61. The van der Waals surface area contributed by atoms with E-state index in [4.69, 9.17) is 21.1 Å². The molecule has 0 saturated carbocycles. The molecule has 0 aliphatic rings.